The maximum atomic E-state index is 5.62. The average molecular weight is 276 g/mol. The minimum Gasteiger partial charge on any atom is -0.475 e. The standard InChI is InChI=1S/C17H28N2O/c1-4-5-11-19-12-7-6-8-16(19)15-9-10-17(18-13-15)20-14(2)3/h9-10,13-14,16H,4-8,11-12H2,1-3H3/t16-/m0/s1. The summed E-state index contributed by atoms with van der Waals surface area (Å²) in [4.78, 5) is 7.09. The Kier molecular flexibility index (Phi) is 5.84. The molecule has 20 heavy (non-hydrogen) atoms. The van der Waals surface area contributed by atoms with Crippen LogP contribution in [0.3, 0.4) is 0 Å². The molecular formula is C17H28N2O. The van der Waals surface area contributed by atoms with E-state index in [0.29, 0.717) is 6.04 Å². The van der Waals surface area contributed by atoms with Gasteiger partial charge in [-0.25, -0.2) is 4.98 Å². The van der Waals surface area contributed by atoms with Crippen molar-refractivity contribution in [3.05, 3.63) is 23.9 Å². The van der Waals surface area contributed by atoms with Gasteiger partial charge in [0.2, 0.25) is 5.88 Å². The van der Waals surface area contributed by atoms with E-state index in [1.54, 1.807) is 0 Å². The highest BCUT2D eigenvalue weighted by molar-refractivity contribution is 5.21. The number of pyridine rings is 1. The molecule has 0 radical (unpaired) electrons. The van der Waals surface area contributed by atoms with Crippen molar-refractivity contribution in [1.29, 1.82) is 0 Å². The molecule has 0 saturated carbocycles. The van der Waals surface area contributed by atoms with Crippen LogP contribution in [0, 0.1) is 0 Å². The van der Waals surface area contributed by atoms with Crippen molar-refractivity contribution in [2.45, 2.75) is 65.0 Å². The van der Waals surface area contributed by atoms with Crippen LogP contribution in [0.15, 0.2) is 18.3 Å². The molecule has 2 heterocycles. The van der Waals surface area contributed by atoms with Gasteiger partial charge in [-0.3, -0.25) is 4.90 Å². The van der Waals surface area contributed by atoms with Gasteiger partial charge in [0.1, 0.15) is 0 Å². The number of unbranched alkanes of at least 4 members (excludes halogenated alkanes) is 1. The number of ether oxygens (including phenoxy) is 1. The number of piperidine rings is 1. The molecule has 1 fully saturated rings. The first kappa shape index (κ1) is 15.3. The lowest BCUT2D eigenvalue weighted by atomic mass is 9.96. The molecule has 3 nitrogen and oxygen atoms in total. The Bertz CT molecular complexity index is 388. The number of rotatable bonds is 6. The molecule has 1 aromatic heterocycles. The second-order valence-electron chi connectivity index (χ2n) is 6.00. The summed E-state index contributed by atoms with van der Waals surface area (Å²) < 4.78 is 5.62. The van der Waals surface area contributed by atoms with Gasteiger partial charge < -0.3 is 4.74 Å². The summed E-state index contributed by atoms with van der Waals surface area (Å²) in [5.41, 5.74) is 1.34. The second-order valence-corrected chi connectivity index (χ2v) is 6.00. The van der Waals surface area contributed by atoms with Crippen LogP contribution in [0.25, 0.3) is 0 Å². The first-order chi connectivity index (χ1) is 9.70. The number of nitrogens with zero attached hydrogens (tertiary/aromatic N) is 2. The van der Waals surface area contributed by atoms with Gasteiger partial charge in [-0.15, -0.1) is 0 Å². The topological polar surface area (TPSA) is 25.4 Å². The molecule has 2 rings (SSSR count). The van der Waals surface area contributed by atoms with Crippen molar-refractivity contribution >= 4 is 0 Å². The van der Waals surface area contributed by atoms with Gasteiger partial charge in [-0.1, -0.05) is 25.8 Å². The zero-order valence-corrected chi connectivity index (χ0v) is 13.1. The quantitative estimate of drug-likeness (QED) is 0.778. The summed E-state index contributed by atoms with van der Waals surface area (Å²) in [5.74, 6) is 0.736. The summed E-state index contributed by atoms with van der Waals surface area (Å²) in [6.07, 6.45) is 8.67. The van der Waals surface area contributed by atoms with E-state index in [1.807, 2.05) is 26.1 Å². The third-order valence-corrected chi connectivity index (χ3v) is 3.91. The van der Waals surface area contributed by atoms with Gasteiger partial charge in [0, 0.05) is 18.3 Å². The summed E-state index contributed by atoms with van der Waals surface area (Å²) in [7, 11) is 0. The molecule has 0 amide bonds. The fourth-order valence-corrected chi connectivity index (χ4v) is 2.90. The Hall–Kier alpha value is -1.09. The summed E-state index contributed by atoms with van der Waals surface area (Å²) in [6, 6.07) is 4.76. The molecule has 0 aromatic carbocycles. The highest BCUT2D eigenvalue weighted by Gasteiger charge is 2.23. The predicted molar refractivity (Wildman–Crippen MR) is 83.1 cm³/mol. The molecule has 0 bridgehead atoms. The second kappa shape index (κ2) is 7.63. The summed E-state index contributed by atoms with van der Waals surface area (Å²) >= 11 is 0. The van der Waals surface area contributed by atoms with Gasteiger partial charge in [0.05, 0.1) is 6.10 Å². The molecule has 0 spiro atoms. The van der Waals surface area contributed by atoms with Gasteiger partial charge in [-0.2, -0.15) is 0 Å². The van der Waals surface area contributed by atoms with Crippen LogP contribution in [-0.2, 0) is 0 Å². The lowest BCUT2D eigenvalue weighted by Crippen LogP contribution is -2.34. The molecule has 1 aromatic rings. The van der Waals surface area contributed by atoms with E-state index in [9.17, 15) is 0 Å². The van der Waals surface area contributed by atoms with Crippen molar-refractivity contribution < 1.29 is 4.74 Å². The van der Waals surface area contributed by atoms with Gasteiger partial charge >= 0.3 is 0 Å². The van der Waals surface area contributed by atoms with Crippen molar-refractivity contribution in [2.75, 3.05) is 13.1 Å². The van der Waals surface area contributed by atoms with Crippen LogP contribution in [0.2, 0.25) is 0 Å². The maximum Gasteiger partial charge on any atom is 0.213 e. The molecule has 1 aliphatic rings. The Morgan fingerprint density at radius 2 is 2.20 bits per heavy atom. The third-order valence-electron chi connectivity index (χ3n) is 3.91. The lowest BCUT2D eigenvalue weighted by Gasteiger charge is -2.35. The van der Waals surface area contributed by atoms with E-state index >= 15 is 0 Å². The van der Waals surface area contributed by atoms with Crippen LogP contribution in [0.5, 0.6) is 5.88 Å². The van der Waals surface area contributed by atoms with Gasteiger partial charge in [-0.05, 0) is 51.8 Å². The number of hydrogen-bond donors (Lipinski definition) is 0. The predicted octanol–water partition coefficient (Wildman–Crippen LogP) is 4.20. The number of hydrogen-bond acceptors (Lipinski definition) is 3. The fraction of sp³-hybridized carbons (Fsp3) is 0.706. The molecule has 1 atom stereocenters. The SMILES string of the molecule is CCCCN1CCCC[C@H]1c1ccc(OC(C)C)nc1. The first-order valence-corrected chi connectivity index (χ1v) is 8.07. The Morgan fingerprint density at radius 1 is 1.35 bits per heavy atom. The Morgan fingerprint density at radius 3 is 2.85 bits per heavy atom. The third kappa shape index (κ3) is 4.20. The number of likely N-dealkylation sites (tertiary alicyclic amines) is 1. The van der Waals surface area contributed by atoms with E-state index in [2.05, 4.69) is 22.9 Å². The van der Waals surface area contributed by atoms with E-state index in [1.165, 1.54) is 50.8 Å². The summed E-state index contributed by atoms with van der Waals surface area (Å²) in [6.45, 7) is 8.77. The molecule has 3 heteroatoms. The van der Waals surface area contributed by atoms with E-state index in [-0.39, 0.29) is 6.10 Å². The van der Waals surface area contributed by atoms with Gasteiger partial charge in [0.25, 0.3) is 0 Å². The normalized spacial score (nSPS) is 20.3. The molecule has 1 saturated heterocycles. The molecular weight excluding hydrogens is 248 g/mol. The highest BCUT2D eigenvalue weighted by Crippen LogP contribution is 2.31. The van der Waals surface area contributed by atoms with Crippen LogP contribution in [-0.4, -0.2) is 29.1 Å². The van der Waals surface area contributed by atoms with E-state index < -0.39 is 0 Å². The molecule has 0 unspecified atom stereocenters. The molecule has 0 aliphatic carbocycles. The minimum absolute atomic E-state index is 0.184. The van der Waals surface area contributed by atoms with Crippen LogP contribution < -0.4 is 4.74 Å². The summed E-state index contributed by atoms with van der Waals surface area (Å²) in [5, 5.41) is 0. The zero-order valence-electron chi connectivity index (χ0n) is 13.1. The van der Waals surface area contributed by atoms with Crippen molar-refractivity contribution in [2.24, 2.45) is 0 Å². The van der Waals surface area contributed by atoms with E-state index in [0.717, 1.165) is 5.88 Å². The molecule has 0 N–H and O–H groups in total. The van der Waals surface area contributed by atoms with Gasteiger partial charge in [0.15, 0.2) is 0 Å². The van der Waals surface area contributed by atoms with Crippen molar-refractivity contribution in [3.8, 4) is 5.88 Å². The largest absolute Gasteiger partial charge is 0.475 e. The van der Waals surface area contributed by atoms with E-state index in [4.69, 9.17) is 4.74 Å². The highest BCUT2D eigenvalue weighted by atomic mass is 16.5. The fourth-order valence-electron chi connectivity index (χ4n) is 2.90. The van der Waals surface area contributed by atoms with Crippen LogP contribution >= 0.6 is 0 Å². The minimum atomic E-state index is 0.184. The van der Waals surface area contributed by atoms with Crippen LogP contribution in [0.4, 0.5) is 0 Å². The monoisotopic (exact) mass is 276 g/mol. The molecule has 112 valence electrons. The average Bonchev–Trinajstić information content (AvgIpc) is 2.46. The smallest absolute Gasteiger partial charge is 0.213 e. The maximum absolute atomic E-state index is 5.62. The Labute approximate surface area is 123 Å². The molecule has 1 aliphatic heterocycles. The number of aromatic nitrogens is 1. The first-order valence-electron chi connectivity index (χ1n) is 8.07. The zero-order chi connectivity index (χ0) is 14.4. The lowest BCUT2D eigenvalue weighted by molar-refractivity contribution is 0.146. The van der Waals surface area contributed by atoms with Crippen LogP contribution in [0.1, 0.15) is 64.5 Å². The Balaban J connectivity index is 2.03. The van der Waals surface area contributed by atoms with Crippen molar-refractivity contribution in [3.63, 3.8) is 0 Å². The van der Waals surface area contributed by atoms with Crippen molar-refractivity contribution in [1.82, 2.24) is 9.88 Å².